The van der Waals surface area contributed by atoms with E-state index in [-0.39, 0.29) is 5.91 Å². The van der Waals surface area contributed by atoms with Crippen LogP contribution in [0.2, 0.25) is 0 Å². The molecule has 0 aliphatic heterocycles. The largest absolute Gasteiger partial charge is 0.466 e. The van der Waals surface area contributed by atoms with Crippen molar-refractivity contribution in [2.24, 2.45) is 0 Å². The van der Waals surface area contributed by atoms with E-state index in [9.17, 15) is 9.59 Å². The summed E-state index contributed by atoms with van der Waals surface area (Å²) in [5.74, 6) is -0.867. The molecule has 0 saturated heterocycles. The maximum absolute atomic E-state index is 10.4. The number of esters is 1. The second-order valence-corrected chi connectivity index (χ2v) is 1.47. The molecule has 0 spiro atoms. The summed E-state index contributed by atoms with van der Waals surface area (Å²) in [5, 5.41) is 2.31. The average molecular weight is 143 g/mol. The smallest absolute Gasteiger partial charge is 0.330 e. The van der Waals surface area contributed by atoms with Crippen LogP contribution in [0.25, 0.3) is 0 Å². The minimum absolute atomic E-state index is 0.328. The molecule has 4 heteroatoms. The van der Waals surface area contributed by atoms with Crippen LogP contribution in [0.1, 0.15) is 0 Å². The van der Waals surface area contributed by atoms with Crippen LogP contribution in [0.15, 0.2) is 12.2 Å². The zero-order chi connectivity index (χ0) is 7.98. The lowest BCUT2D eigenvalue weighted by Crippen LogP contribution is -2.14. The maximum atomic E-state index is 10.4. The SMILES string of the molecule is CNC(=O)/C=C/C(=O)OC. The third-order valence-corrected chi connectivity index (χ3v) is 0.818. The van der Waals surface area contributed by atoms with Gasteiger partial charge in [-0.2, -0.15) is 0 Å². The number of nitrogens with one attached hydrogen (secondary N) is 1. The fourth-order valence-corrected chi connectivity index (χ4v) is 0.295. The molecule has 56 valence electrons. The predicted molar refractivity (Wildman–Crippen MR) is 35.2 cm³/mol. The first kappa shape index (κ1) is 8.68. The molecule has 0 aromatic carbocycles. The minimum Gasteiger partial charge on any atom is -0.466 e. The Balaban J connectivity index is 3.75. The summed E-state index contributed by atoms with van der Waals surface area (Å²) in [6.07, 6.45) is 2.16. The van der Waals surface area contributed by atoms with Crippen molar-refractivity contribution in [3.63, 3.8) is 0 Å². The first-order chi connectivity index (χ1) is 4.70. The molecular formula is C6H9NO3. The van der Waals surface area contributed by atoms with Gasteiger partial charge in [-0.1, -0.05) is 0 Å². The zero-order valence-electron chi connectivity index (χ0n) is 5.88. The normalized spacial score (nSPS) is 9.40. The van der Waals surface area contributed by atoms with Gasteiger partial charge in [-0.25, -0.2) is 4.79 Å². The van der Waals surface area contributed by atoms with Gasteiger partial charge in [0.25, 0.3) is 0 Å². The van der Waals surface area contributed by atoms with Gasteiger partial charge in [-0.15, -0.1) is 0 Å². The first-order valence-electron chi connectivity index (χ1n) is 2.68. The summed E-state index contributed by atoms with van der Waals surface area (Å²) in [5.41, 5.74) is 0. The second-order valence-electron chi connectivity index (χ2n) is 1.47. The lowest BCUT2D eigenvalue weighted by atomic mass is 10.5. The van der Waals surface area contributed by atoms with Crippen molar-refractivity contribution in [2.45, 2.75) is 0 Å². The molecule has 0 saturated carbocycles. The van der Waals surface area contributed by atoms with Gasteiger partial charge >= 0.3 is 5.97 Å². The summed E-state index contributed by atoms with van der Waals surface area (Å²) in [6, 6.07) is 0. The first-order valence-corrected chi connectivity index (χ1v) is 2.68. The molecule has 0 fully saturated rings. The zero-order valence-corrected chi connectivity index (χ0v) is 5.88. The predicted octanol–water partition coefficient (Wildman–Crippen LogP) is -0.538. The highest BCUT2D eigenvalue weighted by Gasteiger charge is 1.92. The Morgan fingerprint density at radius 3 is 2.40 bits per heavy atom. The van der Waals surface area contributed by atoms with Crippen LogP contribution < -0.4 is 5.32 Å². The van der Waals surface area contributed by atoms with Crippen molar-refractivity contribution in [2.75, 3.05) is 14.2 Å². The van der Waals surface area contributed by atoms with Crippen molar-refractivity contribution in [3.8, 4) is 0 Å². The van der Waals surface area contributed by atoms with E-state index >= 15 is 0 Å². The Bertz CT molecular complexity index is 144. The summed E-state index contributed by atoms with van der Waals surface area (Å²) >= 11 is 0. The molecule has 0 aliphatic rings. The Labute approximate surface area is 58.9 Å². The monoisotopic (exact) mass is 143 g/mol. The van der Waals surface area contributed by atoms with Crippen molar-refractivity contribution in [1.82, 2.24) is 5.32 Å². The number of hydrogen-bond acceptors (Lipinski definition) is 3. The third-order valence-electron chi connectivity index (χ3n) is 0.818. The Morgan fingerprint density at radius 1 is 1.40 bits per heavy atom. The van der Waals surface area contributed by atoms with E-state index < -0.39 is 5.97 Å². The quantitative estimate of drug-likeness (QED) is 0.417. The van der Waals surface area contributed by atoms with Gasteiger partial charge < -0.3 is 10.1 Å². The standard InChI is InChI=1S/C6H9NO3/c1-7-5(8)3-4-6(9)10-2/h3-4H,1-2H3,(H,7,8)/b4-3+. The van der Waals surface area contributed by atoms with Crippen molar-refractivity contribution >= 4 is 11.9 Å². The number of carbonyl (C=O) groups is 2. The Morgan fingerprint density at radius 2 is 2.00 bits per heavy atom. The van der Waals surface area contributed by atoms with E-state index in [1.54, 1.807) is 0 Å². The number of ether oxygens (including phenoxy) is 1. The Kier molecular flexibility index (Phi) is 3.95. The fourth-order valence-electron chi connectivity index (χ4n) is 0.295. The fraction of sp³-hybridized carbons (Fsp3) is 0.333. The van der Waals surface area contributed by atoms with Crippen LogP contribution in [-0.2, 0) is 14.3 Å². The number of methoxy groups -OCH3 is 1. The average Bonchev–Trinajstić information content (AvgIpc) is 1.99. The van der Waals surface area contributed by atoms with Crippen LogP contribution in [-0.4, -0.2) is 26.0 Å². The van der Waals surface area contributed by atoms with E-state index in [4.69, 9.17) is 0 Å². The summed E-state index contributed by atoms with van der Waals surface area (Å²) in [7, 11) is 2.72. The Hall–Kier alpha value is -1.32. The van der Waals surface area contributed by atoms with E-state index in [0.29, 0.717) is 0 Å². The van der Waals surface area contributed by atoms with Crippen molar-refractivity contribution in [3.05, 3.63) is 12.2 Å². The molecule has 10 heavy (non-hydrogen) atoms. The minimum atomic E-state index is -0.538. The van der Waals surface area contributed by atoms with Gasteiger partial charge in [0, 0.05) is 19.2 Å². The lowest BCUT2D eigenvalue weighted by molar-refractivity contribution is -0.135. The van der Waals surface area contributed by atoms with E-state index in [2.05, 4.69) is 10.1 Å². The topological polar surface area (TPSA) is 55.4 Å². The van der Waals surface area contributed by atoms with E-state index in [0.717, 1.165) is 12.2 Å². The lowest BCUT2D eigenvalue weighted by Gasteiger charge is -1.89. The molecule has 4 nitrogen and oxygen atoms in total. The van der Waals surface area contributed by atoms with Gasteiger partial charge in [0.1, 0.15) is 0 Å². The van der Waals surface area contributed by atoms with Crippen molar-refractivity contribution < 1.29 is 14.3 Å². The van der Waals surface area contributed by atoms with Gasteiger partial charge in [-0.05, 0) is 0 Å². The number of hydrogen-bond donors (Lipinski definition) is 1. The highest BCUT2D eigenvalue weighted by atomic mass is 16.5. The van der Waals surface area contributed by atoms with Gasteiger partial charge in [0.2, 0.25) is 5.91 Å². The van der Waals surface area contributed by atoms with Gasteiger partial charge in [-0.3, -0.25) is 4.79 Å². The van der Waals surface area contributed by atoms with Crippen LogP contribution in [0.3, 0.4) is 0 Å². The molecule has 0 aromatic rings. The number of rotatable bonds is 2. The molecule has 0 aliphatic carbocycles. The van der Waals surface area contributed by atoms with Crippen molar-refractivity contribution in [1.29, 1.82) is 0 Å². The molecule has 0 bridgehead atoms. The summed E-state index contributed by atoms with van der Waals surface area (Å²) in [6.45, 7) is 0. The van der Waals surface area contributed by atoms with Crippen LogP contribution in [0.4, 0.5) is 0 Å². The second kappa shape index (κ2) is 4.55. The number of likely N-dealkylation sites (N-methyl/N-ethyl adjacent to an activating group) is 1. The molecule has 0 radical (unpaired) electrons. The number of carbonyl (C=O) groups excluding carboxylic acids is 2. The molecule has 0 unspecified atom stereocenters. The highest BCUT2D eigenvalue weighted by molar-refractivity contribution is 5.94. The molecule has 0 rings (SSSR count). The summed E-state index contributed by atoms with van der Waals surface area (Å²) < 4.78 is 4.24. The molecule has 0 aromatic heterocycles. The number of amides is 1. The molecular weight excluding hydrogens is 134 g/mol. The maximum Gasteiger partial charge on any atom is 0.330 e. The van der Waals surface area contributed by atoms with Crippen LogP contribution in [0, 0.1) is 0 Å². The van der Waals surface area contributed by atoms with Crippen LogP contribution >= 0.6 is 0 Å². The van der Waals surface area contributed by atoms with Gasteiger partial charge in [0.05, 0.1) is 7.11 Å². The molecule has 0 heterocycles. The molecule has 1 N–H and O–H groups in total. The van der Waals surface area contributed by atoms with Crippen LogP contribution in [0.5, 0.6) is 0 Å². The van der Waals surface area contributed by atoms with E-state index in [1.165, 1.54) is 14.2 Å². The molecule has 0 atom stereocenters. The highest BCUT2D eigenvalue weighted by Crippen LogP contribution is 1.76. The van der Waals surface area contributed by atoms with E-state index in [1.807, 2.05) is 0 Å². The molecule has 1 amide bonds. The third kappa shape index (κ3) is 3.65. The summed E-state index contributed by atoms with van der Waals surface area (Å²) in [4.78, 5) is 20.8. The van der Waals surface area contributed by atoms with Gasteiger partial charge in [0.15, 0.2) is 0 Å².